The van der Waals surface area contributed by atoms with Crippen LogP contribution in [-0.2, 0) is 0 Å². The van der Waals surface area contributed by atoms with Crippen LogP contribution in [0.4, 0.5) is 5.69 Å². The highest BCUT2D eigenvalue weighted by Gasteiger charge is 2.15. The number of anilines is 1. The highest BCUT2D eigenvalue weighted by atomic mass is 35.5. The van der Waals surface area contributed by atoms with Crippen molar-refractivity contribution in [1.29, 1.82) is 0 Å². The highest BCUT2D eigenvalue weighted by molar-refractivity contribution is 6.31. The number of likely N-dealkylation sites (N-methyl/N-ethyl adjacent to an activating group) is 1. The van der Waals surface area contributed by atoms with Gasteiger partial charge in [0.25, 0.3) is 0 Å². The van der Waals surface area contributed by atoms with E-state index in [2.05, 4.69) is 16.8 Å². The molecule has 1 atom stereocenters. The molecule has 0 spiro atoms. The molecule has 2 aromatic rings. The summed E-state index contributed by atoms with van der Waals surface area (Å²) in [6.07, 6.45) is 3.50. The van der Waals surface area contributed by atoms with Crippen molar-refractivity contribution in [2.45, 2.75) is 32.7 Å². The van der Waals surface area contributed by atoms with Crippen molar-refractivity contribution in [3.05, 3.63) is 35.5 Å². The topological polar surface area (TPSA) is 59.8 Å². The first kappa shape index (κ1) is 18.9. The summed E-state index contributed by atoms with van der Waals surface area (Å²) in [4.78, 5) is 6.52. The molecule has 1 heterocycles. The van der Waals surface area contributed by atoms with Crippen molar-refractivity contribution in [2.75, 3.05) is 31.3 Å². The lowest BCUT2D eigenvalue weighted by Gasteiger charge is -2.27. The Balaban J connectivity index is 2.02. The molecule has 0 amide bonds. The van der Waals surface area contributed by atoms with E-state index in [9.17, 15) is 5.21 Å². The van der Waals surface area contributed by atoms with Crippen molar-refractivity contribution < 1.29 is 10.3 Å². The van der Waals surface area contributed by atoms with Crippen LogP contribution < -0.4 is 5.06 Å². The summed E-state index contributed by atoms with van der Waals surface area (Å²) in [6.45, 7) is 6.82. The fourth-order valence-corrected chi connectivity index (χ4v) is 3.01. The first-order valence-corrected chi connectivity index (χ1v) is 8.80. The number of hydroxylamine groups is 1. The summed E-state index contributed by atoms with van der Waals surface area (Å²) in [5, 5.41) is 22.5. The fraction of sp³-hybridized carbons (Fsp3) is 0.500. The maximum atomic E-state index is 10.6. The van der Waals surface area contributed by atoms with Gasteiger partial charge in [-0.2, -0.15) is 0 Å². The van der Waals surface area contributed by atoms with Crippen LogP contribution in [0.1, 0.15) is 26.7 Å². The summed E-state index contributed by atoms with van der Waals surface area (Å²) in [5.74, 6) is 0. The Hall–Kier alpha value is -1.40. The maximum absolute atomic E-state index is 10.6. The molecule has 5 nitrogen and oxygen atoms in total. The minimum atomic E-state index is -0.0147. The first-order valence-electron chi connectivity index (χ1n) is 8.42. The molecule has 6 heteroatoms. The monoisotopic (exact) mass is 351 g/mol. The molecule has 0 fully saturated rings. The maximum Gasteiger partial charge on any atom is 0.0746 e. The van der Waals surface area contributed by atoms with Gasteiger partial charge in [-0.05, 0) is 57.1 Å². The van der Waals surface area contributed by atoms with Crippen LogP contribution >= 0.6 is 11.6 Å². The summed E-state index contributed by atoms with van der Waals surface area (Å²) in [5.41, 5.74) is 1.51. The number of rotatable bonds is 9. The number of hydrogen-bond donors (Lipinski definition) is 2. The second kappa shape index (κ2) is 9.18. The summed E-state index contributed by atoms with van der Waals surface area (Å²) in [7, 11) is 0. The largest absolute Gasteiger partial charge is 0.395 e. The molecule has 0 saturated carbocycles. The number of pyridine rings is 1. The van der Waals surface area contributed by atoms with Gasteiger partial charge in [-0.15, -0.1) is 0 Å². The van der Waals surface area contributed by atoms with E-state index in [1.165, 1.54) is 5.06 Å². The Morgan fingerprint density at radius 3 is 2.75 bits per heavy atom. The lowest BCUT2D eigenvalue weighted by molar-refractivity contribution is 0.188. The van der Waals surface area contributed by atoms with E-state index in [-0.39, 0.29) is 12.6 Å². The van der Waals surface area contributed by atoms with Gasteiger partial charge in [0, 0.05) is 23.2 Å². The van der Waals surface area contributed by atoms with E-state index in [4.69, 9.17) is 16.7 Å². The molecule has 0 saturated heterocycles. The van der Waals surface area contributed by atoms with Gasteiger partial charge >= 0.3 is 0 Å². The summed E-state index contributed by atoms with van der Waals surface area (Å²) in [6, 6.07) is 7.29. The highest BCUT2D eigenvalue weighted by Crippen LogP contribution is 2.28. The molecule has 24 heavy (non-hydrogen) atoms. The van der Waals surface area contributed by atoms with Crippen molar-refractivity contribution in [1.82, 2.24) is 9.88 Å². The number of aromatic nitrogens is 1. The summed E-state index contributed by atoms with van der Waals surface area (Å²) >= 11 is 6.01. The van der Waals surface area contributed by atoms with E-state index >= 15 is 0 Å². The number of fused-ring (bicyclic) bond motifs is 1. The molecule has 0 aliphatic carbocycles. The van der Waals surface area contributed by atoms with E-state index in [0.717, 1.165) is 42.5 Å². The predicted molar refractivity (Wildman–Crippen MR) is 98.9 cm³/mol. The van der Waals surface area contributed by atoms with Crippen LogP contribution in [0.5, 0.6) is 0 Å². The van der Waals surface area contributed by atoms with Crippen LogP contribution in [0.25, 0.3) is 10.9 Å². The Labute approximate surface area is 148 Å². The van der Waals surface area contributed by atoms with E-state index in [1.54, 1.807) is 12.3 Å². The minimum Gasteiger partial charge on any atom is -0.395 e. The molecular formula is C18H26ClN3O2. The van der Waals surface area contributed by atoms with Crippen LogP contribution in [0.3, 0.4) is 0 Å². The van der Waals surface area contributed by atoms with Gasteiger partial charge in [0.05, 0.1) is 23.9 Å². The Kier molecular flexibility index (Phi) is 7.24. The molecule has 1 unspecified atom stereocenters. The Bertz CT molecular complexity index is 653. The van der Waals surface area contributed by atoms with Gasteiger partial charge in [-0.25, -0.2) is 0 Å². The van der Waals surface area contributed by atoms with Gasteiger partial charge in [-0.3, -0.25) is 15.3 Å². The minimum absolute atomic E-state index is 0.0147. The van der Waals surface area contributed by atoms with Crippen molar-refractivity contribution in [2.24, 2.45) is 0 Å². The second-order valence-corrected chi connectivity index (χ2v) is 6.42. The van der Waals surface area contributed by atoms with Crippen LogP contribution in [0, 0.1) is 0 Å². The van der Waals surface area contributed by atoms with Crippen LogP contribution in [0.2, 0.25) is 5.02 Å². The first-order chi connectivity index (χ1) is 11.6. The molecule has 0 bridgehead atoms. The summed E-state index contributed by atoms with van der Waals surface area (Å²) < 4.78 is 0. The van der Waals surface area contributed by atoms with Crippen LogP contribution in [-0.4, -0.2) is 52.5 Å². The van der Waals surface area contributed by atoms with Crippen LogP contribution in [0.15, 0.2) is 30.5 Å². The fourth-order valence-electron chi connectivity index (χ4n) is 2.85. The standard InChI is InChI=1S/C18H26ClN3O2/c1-3-21(11-12-23)10-4-5-14(2)22(24)18-8-9-20-17-13-15(19)6-7-16(17)18/h6-9,13-14,23-24H,3-5,10-12H2,1-2H3. The molecule has 1 aromatic carbocycles. The number of aliphatic hydroxyl groups excluding tert-OH is 1. The van der Waals surface area contributed by atoms with E-state index in [1.807, 2.05) is 25.1 Å². The van der Waals surface area contributed by atoms with Gasteiger partial charge in [-0.1, -0.05) is 18.5 Å². The number of aliphatic hydroxyl groups is 1. The average molecular weight is 352 g/mol. The van der Waals surface area contributed by atoms with Crippen molar-refractivity contribution in [3.8, 4) is 0 Å². The van der Waals surface area contributed by atoms with Gasteiger partial charge in [0.1, 0.15) is 0 Å². The average Bonchev–Trinajstić information content (AvgIpc) is 2.59. The Morgan fingerprint density at radius 1 is 1.25 bits per heavy atom. The predicted octanol–water partition coefficient (Wildman–Crippen LogP) is 3.57. The zero-order valence-corrected chi connectivity index (χ0v) is 15.1. The number of halogens is 1. The lowest BCUT2D eigenvalue weighted by Crippen LogP contribution is -2.32. The molecule has 0 aliphatic rings. The molecular weight excluding hydrogens is 326 g/mol. The van der Waals surface area contributed by atoms with Gasteiger partial charge < -0.3 is 10.0 Å². The molecule has 0 aliphatic heterocycles. The molecule has 2 N–H and O–H groups in total. The zero-order chi connectivity index (χ0) is 17.5. The molecule has 0 radical (unpaired) electrons. The molecule has 1 aromatic heterocycles. The normalized spacial score (nSPS) is 12.8. The third-order valence-electron chi connectivity index (χ3n) is 4.31. The van der Waals surface area contributed by atoms with E-state index in [0.29, 0.717) is 11.6 Å². The van der Waals surface area contributed by atoms with Gasteiger partial charge in [0.15, 0.2) is 0 Å². The third kappa shape index (κ3) is 4.80. The smallest absolute Gasteiger partial charge is 0.0746 e. The quantitative estimate of drug-likeness (QED) is 0.676. The number of hydrogen-bond acceptors (Lipinski definition) is 5. The number of nitrogens with zero attached hydrogens (tertiary/aromatic N) is 3. The van der Waals surface area contributed by atoms with Gasteiger partial charge in [0.2, 0.25) is 0 Å². The second-order valence-electron chi connectivity index (χ2n) is 5.99. The zero-order valence-electron chi connectivity index (χ0n) is 14.3. The number of benzene rings is 1. The third-order valence-corrected chi connectivity index (χ3v) is 4.54. The lowest BCUT2D eigenvalue weighted by atomic mass is 10.1. The van der Waals surface area contributed by atoms with Crippen molar-refractivity contribution >= 4 is 28.2 Å². The SMILES string of the molecule is CCN(CCO)CCCC(C)N(O)c1ccnc2cc(Cl)ccc12. The van der Waals surface area contributed by atoms with Crippen molar-refractivity contribution in [3.63, 3.8) is 0 Å². The molecule has 2 rings (SSSR count). The van der Waals surface area contributed by atoms with E-state index < -0.39 is 0 Å². The Morgan fingerprint density at radius 2 is 2.04 bits per heavy atom. The molecule has 132 valence electrons.